The van der Waals surface area contributed by atoms with Crippen LogP contribution in [0.15, 0.2) is 34.8 Å². The van der Waals surface area contributed by atoms with Crippen molar-refractivity contribution in [2.45, 2.75) is 4.34 Å². The molecule has 0 spiro atoms. The minimum atomic E-state index is -3.35. The topological polar surface area (TPSA) is 74.0 Å². The van der Waals surface area contributed by atoms with Gasteiger partial charge in [0.05, 0.1) is 10.1 Å². The Kier molecular flexibility index (Phi) is 2.29. The van der Waals surface area contributed by atoms with E-state index in [1.54, 1.807) is 18.2 Å². The third-order valence-electron chi connectivity index (χ3n) is 2.58. The maximum Gasteiger partial charge on any atom is 0.225 e. The lowest BCUT2D eigenvalue weighted by Gasteiger charge is -2.00. The number of hydrogen-bond donors (Lipinski definition) is 0. The summed E-state index contributed by atoms with van der Waals surface area (Å²) in [4.78, 5) is 4.00. The molecular formula is C11H8N2O3S2. The summed E-state index contributed by atoms with van der Waals surface area (Å²) in [6.45, 7) is 0. The van der Waals surface area contributed by atoms with E-state index in [1.165, 1.54) is 6.20 Å². The maximum atomic E-state index is 11.8. The number of benzene rings is 1. The fourth-order valence-electron chi connectivity index (χ4n) is 1.79. The number of sulfone groups is 1. The van der Waals surface area contributed by atoms with Gasteiger partial charge < -0.3 is 5.21 Å². The maximum absolute atomic E-state index is 11.8. The van der Waals surface area contributed by atoms with Crippen molar-refractivity contribution in [2.24, 2.45) is 0 Å². The van der Waals surface area contributed by atoms with E-state index in [1.807, 2.05) is 6.07 Å². The zero-order chi connectivity index (χ0) is 12.9. The minimum absolute atomic E-state index is 0.0360. The zero-order valence-corrected chi connectivity index (χ0v) is 11.0. The summed E-state index contributed by atoms with van der Waals surface area (Å²) in [5.41, 5.74) is 0.919. The van der Waals surface area contributed by atoms with Gasteiger partial charge in [-0.1, -0.05) is 12.1 Å². The smallest absolute Gasteiger partial charge is 0.225 e. The van der Waals surface area contributed by atoms with Crippen molar-refractivity contribution in [3.8, 4) is 0 Å². The first-order valence-corrected chi connectivity index (χ1v) is 7.79. The van der Waals surface area contributed by atoms with E-state index in [0.29, 0.717) is 15.8 Å². The van der Waals surface area contributed by atoms with Crippen molar-refractivity contribution >= 4 is 42.3 Å². The summed E-state index contributed by atoms with van der Waals surface area (Å²) in [7, 11) is -3.35. The molecule has 3 aromatic rings. The molecule has 1 aromatic carbocycles. The van der Waals surface area contributed by atoms with Gasteiger partial charge >= 0.3 is 0 Å². The van der Waals surface area contributed by atoms with Crippen LogP contribution in [0.2, 0.25) is 0 Å². The van der Waals surface area contributed by atoms with Crippen LogP contribution in [-0.2, 0) is 9.84 Å². The number of nitrogens with zero attached hydrogens (tertiary/aromatic N) is 2. The van der Waals surface area contributed by atoms with E-state index < -0.39 is 9.84 Å². The molecule has 18 heavy (non-hydrogen) atoms. The molecule has 5 nitrogen and oxygen atoms in total. The van der Waals surface area contributed by atoms with Crippen LogP contribution in [0.25, 0.3) is 21.1 Å². The molecule has 7 heteroatoms. The lowest BCUT2D eigenvalue weighted by atomic mass is 10.2. The van der Waals surface area contributed by atoms with Gasteiger partial charge in [0.1, 0.15) is 5.52 Å². The molecule has 0 unspecified atom stereocenters. The Morgan fingerprint density at radius 2 is 2.06 bits per heavy atom. The van der Waals surface area contributed by atoms with E-state index in [-0.39, 0.29) is 4.34 Å². The number of rotatable bonds is 1. The lowest BCUT2D eigenvalue weighted by molar-refractivity contribution is -0.575. The van der Waals surface area contributed by atoms with Gasteiger partial charge in [0.15, 0.2) is 0 Å². The van der Waals surface area contributed by atoms with Crippen molar-refractivity contribution in [1.29, 1.82) is 0 Å². The number of thiazole rings is 1. The summed E-state index contributed by atoms with van der Waals surface area (Å²) in [5, 5.41) is 12.5. The standard InChI is InChI=1S/C11H8N2O3S2/c1-18(15,16)11-12-8-6-13(14)9-5-3-2-4-7(9)10(8)17-11/h2-6H,1H3. The van der Waals surface area contributed by atoms with Crippen LogP contribution in [0.1, 0.15) is 0 Å². The molecule has 2 aromatic heterocycles. The van der Waals surface area contributed by atoms with Crippen LogP contribution in [-0.4, -0.2) is 19.7 Å². The highest BCUT2D eigenvalue weighted by molar-refractivity contribution is 7.92. The fraction of sp³-hybridized carbons (Fsp3) is 0.0909. The summed E-state index contributed by atoms with van der Waals surface area (Å²) < 4.78 is 24.4. The highest BCUT2D eigenvalue weighted by atomic mass is 32.2. The molecule has 0 N–H and O–H groups in total. The number of hydrogen-bond acceptors (Lipinski definition) is 5. The van der Waals surface area contributed by atoms with Crippen LogP contribution in [0.3, 0.4) is 0 Å². The fourth-order valence-corrected chi connectivity index (χ4v) is 3.71. The second-order valence-corrected chi connectivity index (χ2v) is 7.13. The third-order valence-corrected chi connectivity index (χ3v) is 5.36. The summed E-state index contributed by atoms with van der Waals surface area (Å²) in [5.74, 6) is 0. The van der Waals surface area contributed by atoms with E-state index in [4.69, 9.17) is 0 Å². The predicted molar refractivity (Wildman–Crippen MR) is 69.2 cm³/mol. The molecular weight excluding hydrogens is 272 g/mol. The van der Waals surface area contributed by atoms with Gasteiger partial charge in [0.25, 0.3) is 0 Å². The Balaban J connectivity index is 2.51. The number of aromatic nitrogens is 2. The average molecular weight is 280 g/mol. The second-order valence-electron chi connectivity index (χ2n) is 3.94. The van der Waals surface area contributed by atoms with Crippen LogP contribution in [0.5, 0.6) is 0 Å². The molecule has 3 rings (SSSR count). The molecule has 0 radical (unpaired) electrons. The monoisotopic (exact) mass is 280 g/mol. The van der Waals surface area contributed by atoms with E-state index >= 15 is 0 Å². The van der Waals surface area contributed by atoms with Crippen molar-refractivity contribution in [2.75, 3.05) is 6.26 Å². The molecule has 0 saturated carbocycles. The molecule has 0 aliphatic heterocycles. The average Bonchev–Trinajstić information content (AvgIpc) is 2.73. The van der Waals surface area contributed by atoms with Gasteiger partial charge in [-0.05, 0) is 6.07 Å². The summed E-state index contributed by atoms with van der Waals surface area (Å²) in [6.07, 6.45) is 2.42. The molecule has 0 aliphatic rings. The normalized spacial score (nSPS) is 12.3. The molecule has 2 heterocycles. The molecule has 0 aliphatic carbocycles. The zero-order valence-electron chi connectivity index (χ0n) is 9.32. The second kappa shape index (κ2) is 3.63. The first-order valence-electron chi connectivity index (χ1n) is 5.08. The molecule has 0 saturated heterocycles. The summed E-state index contributed by atoms with van der Waals surface area (Å²) in [6, 6.07) is 7.06. The van der Waals surface area contributed by atoms with Gasteiger partial charge in [0.2, 0.25) is 25.9 Å². The highest BCUT2D eigenvalue weighted by Crippen LogP contribution is 2.30. The van der Waals surface area contributed by atoms with E-state index in [0.717, 1.165) is 27.7 Å². The Morgan fingerprint density at radius 3 is 2.78 bits per heavy atom. The van der Waals surface area contributed by atoms with Crippen LogP contribution >= 0.6 is 11.3 Å². The molecule has 0 bridgehead atoms. The molecule has 0 fully saturated rings. The van der Waals surface area contributed by atoms with Crippen LogP contribution in [0, 0.1) is 5.21 Å². The molecule has 0 atom stereocenters. The Morgan fingerprint density at radius 1 is 1.33 bits per heavy atom. The van der Waals surface area contributed by atoms with Crippen LogP contribution in [0.4, 0.5) is 0 Å². The molecule has 0 amide bonds. The van der Waals surface area contributed by atoms with Gasteiger partial charge in [-0.15, -0.1) is 11.3 Å². The van der Waals surface area contributed by atoms with Crippen molar-refractivity contribution in [3.05, 3.63) is 35.7 Å². The van der Waals surface area contributed by atoms with E-state index in [9.17, 15) is 13.6 Å². The number of fused-ring (bicyclic) bond motifs is 3. The van der Waals surface area contributed by atoms with Crippen molar-refractivity contribution in [1.82, 2.24) is 4.98 Å². The Hall–Kier alpha value is -1.73. The lowest BCUT2D eigenvalue weighted by Crippen LogP contribution is -2.26. The quantitative estimate of drug-likeness (QED) is 0.500. The Bertz CT molecular complexity index is 869. The molecule has 92 valence electrons. The van der Waals surface area contributed by atoms with Crippen molar-refractivity contribution < 1.29 is 13.1 Å². The van der Waals surface area contributed by atoms with Gasteiger partial charge in [0, 0.05) is 12.3 Å². The Labute approximate surface area is 107 Å². The number of para-hydroxylation sites is 1. The minimum Gasteiger partial charge on any atom is -0.618 e. The SMILES string of the molecule is CS(=O)(=O)c1nc2c[n+]([O-])c3ccccc3c2s1. The van der Waals surface area contributed by atoms with E-state index in [2.05, 4.69) is 4.98 Å². The third kappa shape index (κ3) is 1.63. The largest absolute Gasteiger partial charge is 0.618 e. The van der Waals surface area contributed by atoms with Crippen LogP contribution < -0.4 is 4.73 Å². The first kappa shape index (κ1) is 11.4. The van der Waals surface area contributed by atoms with Crippen molar-refractivity contribution in [3.63, 3.8) is 0 Å². The van der Waals surface area contributed by atoms with Gasteiger partial charge in [-0.3, -0.25) is 0 Å². The predicted octanol–water partition coefficient (Wildman–Crippen LogP) is 1.49. The first-order chi connectivity index (χ1) is 8.47. The summed E-state index contributed by atoms with van der Waals surface area (Å²) >= 11 is 1.09. The van der Waals surface area contributed by atoms with Gasteiger partial charge in [-0.25, -0.2) is 13.4 Å². The van der Waals surface area contributed by atoms with Gasteiger partial charge in [-0.2, -0.15) is 4.73 Å². The number of pyridine rings is 1. The highest BCUT2D eigenvalue weighted by Gasteiger charge is 2.18.